The van der Waals surface area contributed by atoms with Gasteiger partial charge in [-0.1, -0.05) is 12.1 Å². The molecule has 0 saturated carbocycles. The molecule has 0 aliphatic carbocycles. The van der Waals surface area contributed by atoms with Crippen LogP contribution in [-0.2, 0) is 0 Å². The molecule has 0 fully saturated rings. The van der Waals surface area contributed by atoms with E-state index in [-0.39, 0.29) is 5.56 Å². The van der Waals surface area contributed by atoms with Gasteiger partial charge in [-0.3, -0.25) is 9.78 Å². The van der Waals surface area contributed by atoms with E-state index in [1.54, 1.807) is 24.5 Å². The number of nitriles is 1. The molecule has 0 atom stereocenters. The maximum Gasteiger partial charge on any atom is 0.266 e. The van der Waals surface area contributed by atoms with Gasteiger partial charge in [0.25, 0.3) is 5.56 Å². The van der Waals surface area contributed by atoms with Gasteiger partial charge in [0.15, 0.2) is 5.58 Å². The summed E-state index contributed by atoms with van der Waals surface area (Å²) in [6.45, 7) is 0. The number of hydrogen-bond donors (Lipinski definition) is 1. The fourth-order valence-electron chi connectivity index (χ4n) is 2.52. The summed E-state index contributed by atoms with van der Waals surface area (Å²) in [5.41, 5.74) is 2.73. The molecule has 0 aliphatic rings. The smallest absolute Gasteiger partial charge is 0.266 e. The van der Waals surface area contributed by atoms with Crippen LogP contribution in [0.1, 0.15) is 5.56 Å². The van der Waals surface area contributed by atoms with E-state index < -0.39 is 5.56 Å². The van der Waals surface area contributed by atoms with Crippen molar-refractivity contribution >= 4 is 11.1 Å². The van der Waals surface area contributed by atoms with Crippen molar-refractivity contribution in [2.24, 2.45) is 0 Å². The summed E-state index contributed by atoms with van der Waals surface area (Å²) in [7, 11) is 0. The number of aromatic nitrogens is 3. The first-order chi connectivity index (χ1) is 11.8. The van der Waals surface area contributed by atoms with Crippen LogP contribution in [0, 0.1) is 11.3 Å². The zero-order valence-corrected chi connectivity index (χ0v) is 12.4. The molecule has 0 unspecified atom stereocenters. The van der Waals surface area contributed by atoms with E-state index in [9.17, 15) is 4.79 Å². The number of H-pyrrole nitrogens is 1. The first-order valence-corrected chi connectivity index (χ1v) is 7.20. The molecule has 0 spiro atoms. The summed E-state index contributed by atoms with van der Waals surface area (Å²) in [5, 5.41) is 9.16. The molecular formula is C18H10N4O2. The van der Waals surface area contributed by atoms with E-state index in [4.69, 9.17) is 9.68 Å². The Balaban J connectivity index is 2.02. The van der Waals surface area contributed by atoms with Gasteiger partial charge >= 0.3 is 0 Å². The molecule has 0 aliphatic heterocycles. The van der Waals surface area contributed by atoms with Crippen LogP contribution in [0.2, 0.25) is 0 Å². The van der Waals surface area contributed by atoms with Gasteiger partial charge in [0.2, 0.25) is 5.89 Å². The Bertz CT molecular complexity index is 1100. The molecule has 3 aromatic heterocycles. The first kappa shape index (κ1) is 13.9. The van der Waals surface area contributed by atoms with Gasteiger partial charge in [0, 0.05) is 18.0 Å². The molecule has 0 saturated heterocycles. The molecule has 24 heavy (non-hydrogen) atoms. The van der Waals surface area contributed by atoms with Crippen molar-refractivity contribution in [2.75, 3.05) is 0 Å². The summed E-state index contributed by atoms with van der Waals surface area (Å²) in [4.78, 5) is 23.2. The number of fused-ring (bicyclic) bond motifs is 1. The van der Waals surface area contributed by atoms with Crippen molar-refractivity contribution < 1.29 is 4.42 Å². The summed E-state index contributed by atoms with van der Waals surface area (Å²) in [6, 6.07) is 14.3. The second-order valence-corrected chi connectivity index (χ2v) is 5.14. The maximum atomic E-state index is 12.1. The fourth-order valence-corrected chi connectivity index (χ4v) is 2.52. The van der Waals surface area contributed by atoms with E-state index in [1.807, 2.05) is 30.3 Å². The van der Waals surface area contributed by atoms with Gasteiger partial charge in [-0.15, -0.1) is 0 Å². The third kappa shape index (κ3) is 2.25. The van der Waals surface area contributed by atoms with Crippen molar-refractivity contribution in [1.82, 2.24) is 15.0 Å². The van der Waals surface area contributed by atoms with Gasteiger partial charge in [-0.2, -0.15) is 5.26 Å². The molecule has 6 nitrogen and oxygen atoms in total. The third-order valence-electron chi connectivity index (χ3n) is 3.65. The molecule has 1 aromatic carbocycles. The van der Waals surface area contributed by atoms with Crippen molar-refractivity contribution in [3.63, 3.8) is 0 Å². The first-order valence-electron chi connectivity index (χ1n) is 7.20. The molecule has 3 heterocycles. The number of rotatable bonds is 2. The lowest BCUT2D eigenvalue weighted by atomic mass is 10.1. The number of para-hydroxylation sites is 2. The number of benzene rings is 1. The average Bonchev–Trinajstić information content (AvgIpc) is 3.06. The molecule has 4 aromatic rings. The predicted octanol–water partition coefficient (Wildman–Crippen LogP) is 3.12. The van der Waals surface area contributed by atoms with Crippen LogP contribution < -0.4 is 5.56 Å². The van der Waals surface area contributed by atoms with Crippen LogP contribution in [-0.4, -0.2) is 15.0 Å². The van der Waals surface area contributed by atoms with Gasteiger partial charge in [-0.25, -0.2) is 4.98 Å². The number of aromatic amines is 1. The van der Waals surface area contributed by atoms with Crippen LogP contribution in [0.3, 0.4) is 0 Å². The van der Waals surface area contributed by atoms with Gasteiger partial charge in [0.05, 0.1) is 11.3 Å². The molecule has 0 radical (unpaired) electrons. The Morgan fingerprint density at radius 1 is 1.12 bits per heavy atom. The van der Waals surface area contributed by atoms with Gasteiger partial charge in [-0.05, 0) is 30.3 Å². The summed E-state index contributed by atoms with van der Waals surface area (Å²) < 4.78 is 5.80. The number of nitrogens with zero attached hydrogens (tertiary/aromatic N) is 3. The highest BCUT2D eigenvalue weighted by molar-refractivity contribution is 5.82. The Kier molecular flexibility index (Phi) is 3.18. The summed E-state index contributed by atoms with van der Waals surface area (Å²) in [5.74, 6) is 0.343. The average molecular weight is 314 g/mol. The third-order valence-corrected chi connectivity index (χ3v) is 3.65. The highest BCUT2D eigenvalue weighted by Crippen LogP contribution is 2.31. The minimum absolute atomic E-state index is 0.00469. The lowest BCUT2D eigenvalue weighted by molar-refractivity contribution is 0.619. The molecule has 6 heteroatoms. The zero-order valence-electron chi connectivity index (χ0n) is 12.4. The lowest BCUT2D eigenvalue weighted by Crippen LogP contribution is -2.12. The Morgan fingerprint density at radius 2 is 1.92 bits per heavy atom. The second-order valence-electron chi connectivity index (χ2n) is 5.14. The number of hydrogen-bond acceptors (Lipinski definition) is 5. The minimum atomic E-state index is -0.454. The molecule has 0 amide bonds. The fraction of sp³-hybridized carbons (Fsp3) is 0. The van der Waals surface area contributed by atoms with Crippen molar-refractivity contribution in [2.45, 2.75) is 0 Å². The van der Waals surface area contributed by atoms with E-state index in [1.165, 1.54) is 6.07 Å². The number of nitrogens with one attached hydrogen (secondary N) is 1. The highest BCUT2D eigenvalue weighted by Gasteiger charge is 2.17. The van der Waals surface area contributed by atoms with E-state index in [0.29, 0.717) is 28.2 Å². The van der Waals surface area contributed by atoms with Crippen LogP contribution >= 0.6 is 0 Å². The molecule has 114 valence electrons. The van der Waals surface area contributed by atoms with Gasteiger partial charge in [0.1, 0.15) is 17.1 Å². The lowest BCUT2D eigenvalue weighted by Gasteiger charge is -2.07. The Morgan fingerprint density at radius 3 is 2.67 bits per heavy atom. The quantitative estimate of drug-likeness (QED) is 0.613. The number of pyridine rings is 2. The standard InChI is InChI=1S/C18H10N4O2/c19-10-12-9-13(18-21-14-3-1-2-4-15(14)24-18)16(22-17(12)23)11-5-7-20-8-6-11/h1-9H,(H,22,23). The Hall–Kier alpha value is -3.72. The highest BCUT2D eigenvalue weighted by atomic mass is 16.3. The van der Waals surface area contributed by atoms with E-state index >= 15 is 0 Å². The second kappa shape index (κ2) is 5.48. The molecule has 1 N–H and O–H groups in total. The molecular weight excluding hydrogens is 304 g/mol. The van der Waals surface area contributed by atoms with Gasteiger partial charge < -0.3 is 9.40 Å². The van der Waals surface area contributed by atoms with Crippen LogP contribution in [0.5, 0.6) is 0 Å². The SMILES string of the molecule is N#Cc1cc(-c2nc3ccccc3o2)c(-c2ccncc2)[nH]c1=O. The topological polar surface area (TPSA) is 95.6 Å². The van der Waals surface area contributed by atoms with E-state index in [0.717, 1.165) is 5.56 Å². The predicted molar refractivity (Wildman–Crippen MR) is 88.0 cm³/mol. The van der Waals surface area contributed by atoms with Crippen molar-refractivity contribution in [3.05, 3.63) is 70.8 Å². The summed E-state index contributed by atoms with van der Waals surface area (Å²) >= 11 is 0. The Labute approximate surface area is 136 Å². The van der Waals surface area contributed by atoms with Crippen molar-refractivity contribution in [1.29, 1.82) is 5.26 Å². The maximum absolute atomic E-state index is 12.1. The zero-order chi connectivity index (χ0) is 16.5. The normalized spacial score (nSPS) is 10.6. The monoisotopic (exact) mass is 314 g/mol. The molecule has 0 bridgehead atoms. The van der Waals surface area contributed by atoms with Crippen molar-refractivity contribution in [3.8, 4) is 28.8 Å². The molecule has 4 rings (SSSR count). The number of oxazole rings is 1. The summed E-state index contributed by atoms with van der Waals surface area (Å²) in [6.07, 6.45) is 3.25. The van der Waals surface area contributed by atoms with Crippen LogP contribution in [0.25, 0.3) is 33.8 Å². The minimum Gasteiger partial charge on any atom is -0.436 e. The van der Waals surface area contributed by atoms with Crippen LogP contribution in [0.4, 0.5) is 0 Å². The van der Waals surface area contributed by atoms with E-state index in [2.05, 4.69) is 15.0 Å². The largest absolute Gasteiger partial charge is 0.436 e. The van der Waals surface area contributed by atoms with Crippen LogP contribution in [0.15, 0.2) is 64.1 Å².